The lowest BCUT2D eigenvalue weighted by atomic mass is 10.1. The predicted molar refractivity (Wildman–Crippen MR) is 109 cm³/mol. The van der Waals surface area contributed by atoms with Gasteiger partial charge in [-0.1, -0.05) is 6.07 Å². The highest BCUT2D eigenvalue weighted by Gasteiger charge is 2.22. The van der Waals surface area contributed by atoms with Crippen LogP contribution in [0.15, 0.2) is 18.2 Å². The molecule has 156 valence electrons. The van der Waals surface area contributed by atoms with Crippen molar-refractivity contribution >= 4 is 17.7 Å². The average molecular weight is 419 g/mol. The smallest absolute Gasteiger partial charge is 0.232 e. The lowest BCUT2D eigenvalue weighted by Gasteiger charge is -2.34. The standard InChI is InChI=1S/C19H26N6O3S/c1-14(2)25-18(20-21-22-25)11-29-12-19(26)24-7-5-23(6-8-24)10-15-3-4-16-17(9-15)28-13-27-16/h3-4,9,14H,5-8,10-13H2,1-2H3. The van der Waals surface area contributed by atoms with E-state index in [1.54, 1.807) is 16.4 Å². The molecule has 2 aliphatic heterocycles. The minimum Gasteiger partial charge on any atom is -0.454 e. The van der Waals surface area contributed by atoms with Crippen LogP contribution in [0.3, 0.4) is 0 Å². The Kier molecular flexibility index (Phi) is 6.19. The molecule has 0 saturated carbocycles. The summed E-state index contributed by atoms with van der Waals surface area (Å²) in [7, 11) is 0. The molecule has 0 unspecified atom stereocenters. The number of benzene rings is 1. The molecule has 3 heterocycles. The van der Waals surface area contributed by atoms with Gasteiger partial charge >= 0.3 is 0 Å². The zero-order valence-corrected chi connectivity index (χ0v) is 17.6. The molecule has 0 radical (unpaired) electrons. The van der Waals surface area contributed by atoms with Gasteiger partial charge in [0.2, 0.25) is 12.7 Å². The van der Waals surface area contributed by atoms with Crippen LogP contribution in [0.25, 0.3) is 0 Å². The van der Waals surface area contributed by atoms with E-state index >= 15 is 0 Å². The number of thioether (sulfide) groups is 1. The van der Waals surface area contributed by atoms with Crippen molar-refractivity contribution in [3.63, 3.8) is 0 Å². The largest absolute Gasteiger partial charge is 0.454 e. The van der Waals surface area contributed by atoms with Gasteiger partial charge in [-0.2, -0.15) is 0 Å². The quantitative estimate of drug-likeness (QED) is 0.670. The molecule has 4 rings (SSSR count). The van der Waals surface area contributed by atoms with E-state index in [0.29, 0.717) is 18.3 Å². The number of carbonyl (C=O) groups is 1. The van der Waals surface area contributed by atoms with Crippen molar-refractivity contribution < 1.29 is 14.3 Å². The van der Waals surface area contributed by atoms with Crippen LogP contribution in [0.5, 0.6) is 11.5 Å². The van der Waals surface area contributed by atoms with Gasteiger partial charge in [0.05, 0.1) is 17.5 Å². The Labute approximate surface area is 174 Å². The predicted octanol–water partition coefficient (Wildman–Crippen LogP) is 1.56. The van der Waals surface area contributed by atoms with Crippen LogP contribution in [-0.4, -0.2) is 74.6 Å². The van der Waals surface area contributed by atoms with E-state index in [1.165, 1.54) is 5.56 Å². The van der Waals surface area contributed by atoms with E-state index in [-0.39, 0.29) is 11.9 Å². The summed E-state index contributed by atoms with van der Waals surface area (Å²) in [4.78, 5) is 16.9. The van der Waals surface area contributed by atoms with Crippen molar-refractivity contribution in [1.82, 2.24) is 30.0 Å². The minimum atomic E-state index is 0.182. The highest BCUT2D eigenvalue weighted by atomic mass is 32.2. The summed E-state index contributed by atoms with van der Waals surface area (Å²) in [6, 6.07) is 6.30. The van der Waals surface area contributed by atoms with Crippen molar-refractivity contribution in [2.75, 3.05) is 38.7 Å². The Hall–Kier alpha value is -2.33. The van der Waals surface area contributed by atoms with E-state index in [9.17, 15) is 4.79 Å². The van der Waals surface area contributed by atoms with Crippen LogP contribution < -0.4 is 9.47 Å². The summed E-state index contributed by atoms with van der Waals surface area (Å²) >= 11 is 1.57. The van der Waals surface area contributed by atoms with Crippen LogP contribution in [0.2, 0.25) is 0 Å². The van der Waals surface area contributed by atoms with Gasteiger partial charge in [0, 0.05) is 32.7 Å². The zero-order chi connectivity index (χ0) is 20.2. The third kappa shape index (κ3) is 4.81. The number of amides is 1. The molecule has 1 fully saturated rings. The zero-order valence-electron chi connectivity index (χ0n) is 16.8. The van der Waals surface area contributed by atoms with Crippen LogP contribution in [0.1, 0.15) is 31.3 Å². The highest BCUT2D eigenvalue weighted by molar-refractivity contribution is 7.99. The lowest BCUT2D eigenvalue weighted by molar-refractivity contribution is -0.130. The van der Waals surface area contributed by atoms with Gasteiger partial charge in [-0.3, -0.25) is 9.69 Å². The lowest BCUT2D eigenvalue weighted by Crippen LogP contribution is -2.48. The Balaban J connectivity index is 1.20. The Morgan fingerprint density at radius 2 is 1.97 bits per heavy atom. The number of tetrazole rings is 1. The fraction of sp³-hybridized carbons (Fsp3) is 0.579. The molecular formula is C19H26N6O3S. The van der Waals surface area contributed by atoms with E-state index < -0.39 is 0 Å². The highest BCUT2D eigenvalue weighted by Crippen LogP contribution is 2.32. The number of fused-ring (bicyclic) bond motifs is 1. The van der Waals surface area contributed by atoms with Crippen LogP contribution in [0, 0.1) is 0 Å². The maximum Gasteiger partial charge on any atom is 0.232 e. The van der Waals surface area contributed by atoms with Crippen molar-refractivity contribution in [3.05, 3.63) is 29.6 Å². The van der Waals surface area contributed by atoms with Gasteiger partial charge in [-0.05, 0) is 42.0 Å². The SMILES string of the molecule is CC(C)n1nnnc1CSCC(=O)N1CCN(Cc2ccc3c(c2)OCO3)CC1. The molecule has 0 spiro atoms. The number of ether oxygens (including phenoxy) is 2. The second kappa shape index (κ2) is 9.00. The summed E-state index contributed by atoms with van der Waals surface area (Å²) in [6.07, 6.45) is 0. The third-order valence-electron chi connectivity index (χ3n) is 5.07. The molecule has 1 saturated heterocycles. The summed E-state index contributed by atoms with van der Waals surface area (Å²) in [5.74, 6) is 3.71. The Morgan fingerprint density at radius 1 is 1.17 bits per heavy atom. The fourth-order valence-corrected chi connectivity index (χ4v) is 4.31. The Morgan fingerprint density at radius 3 is 2.76 bits per heavy atom. The molecule has 0 aliphatic carbocycles. The van der Waals surface area contributed by atoms with Gasteiger partial charge in [0.15, 0.2) is 17.3 Å². The second-order valence-corrected chi connectivity index (χ2v) is 8.46. The van der Waals surface area contributed by atoms with Crippen LogP contribution in [-0.2, 0) is 17.1 Å². The maximum atomic E-state index is 12.5. The van der Waals surface area contributed by atoms with Crippen LogP contribution in [0.4, 0.5) is 0 Å². The number of piperazine rings is 1. The van der Waals surface area contributed by atoms with E-state index in [2.05, 4.69) is 26.5 Å². The third-order valence-corrected chi connectivity index (χ3v) is 5.99. The summed E-state index contributed by atoms with van der Waals surface area (Å²) in [5, 5.41) is 11.8. The first-order chi connectivity index (χ1) is 14.1. The normalized spacial score (nSPS) is 16.6. The van der Waals surface area contributed by atoms with E-state index in [0.717, 1.165) is 50.0 Å². The number of aromatic nitrogens is 4. The molecule has 1 aromatic heterocycles. The number of rotatable bonds is 7. The van der Waals surface area contributed by atoms with Crippen molar-refractivity contribution in [2.45, 2.75) is 32.2 Å². The molecule has 9 nitrogen and oxygen atoms in total. The molecule has 1 amide bonds. The number of carbonyl (C=O) groups excluding carboxylic acids is 1. The molecule has 0 bridgehead atoms. The van der Waals surface area contributed by atoms with E-state index in [4.69, 9.17) is 9.47 Å². The molecular weight excluding hydrogens is 392 g/mol. The van der Waals surface area contributed by atoms with Gasteiger partial charge < -0.3 is 14.4 Å². The number of nitrogens with zero attached hydrogens (tertiary/aromatic N) is 6. The summed E-state index contributed by atoms with van der Waals surface area (Å²) in [5.41, 5.74) is 1.20. The first kappa shape index (κ1) is 20.0. The summed E-state index contributed by atoms with van der Waals surface area (Å²) < 4.78 is 12.6. The second-order valence-electron chi connectivity index (χ2n) is 7.47. The molecule has 29 heavy (non-hydrogen) atoms. The maximum absolute atomic E-state index is 12.5. The minimum absolute atomic E-state index is 0.182. The Bertz CT molecular complexity index is 850. The van der Waals surface area contributed by atoms with Crippen LogP contribution >= 0.6 is 11.8 Å². The van der Waals surface area contributed by atoms with Crippen molar-refractivity contribution in [2.24, 2.45) is 0 Å². The molecule has 10 heteroatoms. The van der Waals surface area contributed by atoms with Crippen molar-refractivity contribution in [1.29, 1.82) is 0 Å². The van der Waals surface area contributed by atoms with Gasteiger partial charge in [-0.15, -0.1) is 16.9 Å². The van der Waals surface area contributed by atoms with Gasteiger partial charge in [-0.25, -0.2) is 4.68 Å². The first-order valence-electron chi connectivity index (χ1n) is 9.83. The average Bonchev–Trinajstić information content (AvgIpc) is 3.37. The number of hydrogen-bond donors (Lipinski definition) is 0. The van der Waals surface area contributed by atoms with E-state index in [1.807, 2.05) is 30.9 Å². The molecule has 0 atom stereocenters. The van der Waals surface area contributed by atoms with Gasteiger partial charge in [0.1, 0.15) is 0 Å². The number of hydrogen-bond acceptors (Lipinski definition) is 8. The van der Waals surface area contributed by atoms with Crippen molar-refractivity contribution in [3.8, 4) is 11.5 Å². The summed E-state index contributed by atoms with van der Waals surface area (Å²) in [6.45, 7) is 8.49. The fourth-order valence-electron chi connectivity index (χ4n) is 3.48. The first-order valence-corrected chi connectivity index (χ1v) is 11.0. The van der Waals surface area contributed by atoms with Gasteiger partial charge in [0.25, 0.3) is 0 Å². The molecule has 2 aliphatic rings. The molecule has 2 aromatic rings. The monoisotopic (exact) mass is 418 g/mol. The molecule has 1 aromatic carbocycles. The topological polar surface area (TPSA) is 85.6 Å². The molecule has 0 N–H and O–H groups in total.